The Labute approximate surface area is 200 Å². The number of anilines is 2. The summed E-state index contributed by atoms with van der Waals surface area (Å²) in [5, 5.41) is 3.34. The lowest BCUT2D eigenvalue weighted by atomic mass is 10.1. The molecular weight excluding hydrogens is 471 g/mol. The highest BCUT2D eigenvalue weighted by Crippen LogP contribution is 2.50. The van der Waals surface area contributed by atoms with E-state index in [4.69, 9.17) is 4.74 Å². The van der Waals surface area contributed by atoms with Crippen LogP contribution >= 0.6 is 23.5 Å². The standard InChI is InChI=1S/C23H26F3N3O2S2/c1-2-31-22(30)28-13-11-27-15-16(28)6-5-12-29-18-7-3-4-8-20(18)32-21-10-9-17(14-19(21)29)33-23(24,25)26/h3-4,7-10,14,16,27H,2,5-6,11-13,15H2,1H3. The SMILES string of the molecule is CCOC(=O)N1CCNCC1CCCN1c2ccccc2Sc2ccc(SC(F)(F)F)cc21. The molecule has 2 aromatic rings. The minimum absolute atomic E-state index is 0.0267. The number of piperazine rings is 1. The fourth-order valence-corrected chi connectivity index (χ4v) is 5.85. The van der Waals surface area contributed by atoms with Gasteiger partial charge in [0.1, 0.15) is 0 Å². The van der Waals surface area contributed by atoms with Crippen LogP contribution in [0.3, 0.4) is 0 Å². The number of para-hydroxylation sites is 1. The van der Waals surface area contributed by atoms with Gasteiger partial charge in [-0.15, -0.1) is 0 Å². The van der Waals surface area contributed by atoms with Gasteiger partial charge in [0.05, 0.1) is 18.0 Å². The molecule has 0 spiro atoms. The predicted molar refractivity (Wildman–Crippen MR) is 126 cm³/mol. The molecule has 2 aliphatic rings. The van der Waals surface area contributed by atoms with E-state index >= 15 is 0 Å². The zero-order valence-corrected chi connectivity index (χ0v) is 19.9. The smallest absolute Gasteiger partial charge is 0.446 e. The van der Waals surface area contributed by atoms with Gasteiger partial charge in [-0.2, -0.15) is 13.2 Å². The lowest BCUT2D eigenvalue weighted by Gasteiger charge is -2.37. The Hall–Kier alpha value is -2.04. The molecule has 1 unspecified atom stereocenters. The maximum absolute atomic E-state index is 13.0. The van der Waals surface area contributed by atoms with Crippen molar-refractivity contribution in [3.8, 4) is 0 Å². The Morgan fingerprint density at radius 3 is 2.79 bits per heavy atom. The molecule has 1 fully saturated rings. The summed E-state index contributed by atoms with van der Waals surface area (Å²) in [7, 11) is 0. The zero-order chi connectivity index (χ0) is 23.4. The van der Waals surface area contributed by atoms with Gasteiger partial charge in [0.15, 0.2) is 0 Å². The van der Waals surface area contributed by atoms with Gasteiger partial charge in [0.25, 0.3) is 0 Å². The Bertz CT molecular complexity index is 990. The Kier molecular flexibility index (Phi) is 7.65. The van der Waals surface area contributed by atoms with E-state index in [0.29, 0.717) is 26.2 Å². The van der Waals surface area contributed by atoms with Crippen molar-refractivity contribution in [3.63, 3.8) is 0 Å². The second kappa shape index (κ2) is 10.5. The monoisotopic (exact) mass is 497 g/mol. The number of rotatable bonds is 6. The number of ether oxygens (including phenoxy) is 1. The van der Waals surface area contributed by atoms with Crippen LogP contribution in [0.1, 0.15) is 19.8 Å². The van der Waals surface area contributed by atoms with Crippen LogP contribution in [0, 0.1) is 0 Å². The van der Waals surface area contributed by atoms with E-state index in [-0.39, 0.29) is 28.8 Å². The summed E-state index contributed by atoms with van der Waals surface area (Å²) in [6.45, 7) is 4.81. The van der Waals surface area contributed by atoms with Gasteiger partial charge >= 0.3 is 11.6 Å². The first-order chi connectivity index (χ1) is 15.9. The van der Waals surface area contributed by atoms with E-state index in [9.17, 15) is 18.0 Å². The number of amides is 1. The van der Waals surface area contributed by atoms with Gasteiger partial charge < -0.3 is 19.9 Å². The van der Waals surface area contributed by atoms with Gasteiger partial charge in [-0.1, -0.05) is 23.9 Å². The van der Waals surface area contributed by atoms with Crippen LogP contribution in [0.4, 0.5) is 29.3 Å². The highest BCUT2D eigenvalue weighted by atomic mass is 32.2. The molecule has 4 rings (SSSR count). The maximum Gasteiger partial charge on any atom is 0.446 e. The second-order valence-corrected chi connectivity index (χ2v) is 10.0. The van der Waals surface area contributed by atoms with Gasteiger partial charge in [-0.3, -0.25) is 0 Å². The van der Waals surface area contributed by atoms with Crippen LogP contribution in [-0.4, -0.2) is 55.3 Å². The van der Waals surface area contributed by atoms with E-state index in [0.717, 1.165) is 40.6 Å². The van der Waals surface area contributed by atoms with E-state index in [1.54, 1.807) is 35.7 Å². The molecule has 1 amide bonds. The van der Waals surface area contributed by atoms with Crippen LogP contribution < -0.4 is 10.2 Å². The number of benzene rings is 2. The summed E-state index contributed by atoms with van der Waals surface area (Å²) >= 11 is 1.48. The largest absolute Gasteiger partial charge is 0.450 e. The first-order valence-corrected chi connectivity index (χ1v) is 12.6. The highest BCUT2D eigenvalue weighted by Gasteiger charge is 2.31. The fraction of sp³-hybridized carbons (Fsp3) is 0.435. The quantitative estimate of drug-likeness (QED) is 0.486. The first-order valence-electron chi connectivity index (χ1n) is 10.9. The summed E-state index contributed by atoms with van der Waals surface area (Å²) in [4.78, 5) is 18.4. The van der Waals surface area contributed by atoms with E-state index < -0.39 is 5.51 Å². The van der Waals surface area contributed by atoms with E-state index in [2.05, 4.69) is 10.2 Å². The molecule has 10 heteroatoms. The third kappa shape index (κ3) is 5.91. The lowest BCUT2D eigenvalue weighted by molar-refractivity contribution is -0.0328. The number of fused-ring (bicyclic) bond motifs is 2. The molecular formula is C23H26F3N3O2S2. The molecule has 1 atom stereocenters. The fourth-order valence-electron chi connectivity index (χ4n) is 4.20. The number of alkyl halides is 3. The Morgan fingerprint density at radius 1 is 1.21 bits per heavy atom. The molecule has 2 aromatic carbocycles. The van der Waals surface area contributed by atoms with Gasteiger partial charge in [-0.05, 0) is 61.9 Å². The Morgan fingerprint density at radius 2 is 2.00 bits per heavy atom. The number of nitrogens with one attached hydrogen (secondary N) is 1. The molecule has 33 heavy (non-hydrogen) atoms. The average molecular weight is 498 g/mol. The third-order valence-electron chi connectivity index (χ3n) is 5.60. The Balaban J connectivity index is 1.52. The predicted octanol–water partition coefficient (Wildman–Crippen LogP) is 6.11. The van der Waals surface area contributed by atoms with Gasteiger partial charge in [-0.25, -0.2) is 4.79 Å². The van der Waals surface area contributed by atoms with Crippen LogP contribution in [0.15, 0.2) is 57.2 Å². The molecule has 0 bridgehead atoms. The van der Waals surface area contributed by atoms with Crippen molar-refractivity contribution < 1.29 is 22.7 Å². The molecule has 1 N–H and O–H groups in total. The molecule has 178 valence electrons. The van der Waals surface area contributed by atoms with Crippen LogP contribution in [0.2, 0.25) is 0 Å². The van der Waals surface area contributed by atoms with Crippen molar-refractivity contribution in [2.45, 2.75) is 46.0 Å². The number of thioether (sulfide) groups is 1. The van der Waals surface area contributed by atoms with E-state index in [1.165, 1.54) is 6.07 Å². The molecule has 1 saturated heterocycles. The van der Waals surface area contributed by atoms with Gasteiger partial charge in [0, 0.05) is 46.9 Å². The van der Waals surface area contributed by atoms with Crippen molar-refractivity contribution in [2.75, 3.05) is 37.7 Å². The molecule has 2 heterocycles. The second-order valence-electron chi connectivity index (χ2n) is 7.79. The number of hydrogen-bond acceptors (Lipinski definition) is 6. The van der Waals surface area contributed by atoms with Gasteiger partial charge in [0.2, 0.25) is 0 Å². The molecule has 0 aromatic heterocycles. The van der Waals surface area contributed by atoms with Crippen LogP contribution in [-0.2, 0) is 4.74 Å². The molecule has 5 nitrogen and oxygen atoms in total. The molecule has 2 aliphatic heterocycles. The van der Waals surface area contributed by atoms with Crippen LogP contribution in [0.25, 0.3) is 0 Å². The number of hydrogen-bond donors (Lipinski definition) is 1. The molecule has 0 saturated carbocycles. The van der Waals surface area contributed by atoms with Crippen molar-refractivity contribution in [1.82, 2.24) is 10.2 Å². The number of nitrogens with zero attached hydrogens (tertiary/aromatic N) is 2. The third-order valence-corrected chi connectivity index (χ3v) is 7.45. The lowest BCUT2D eigenvalue weighted by Crippen LogP contribution is -2.53. The molecule has 0 radical (unpaired) electrons. The van der Waals surface area contributed by atoms with Crippen molar-refractivity contribution >= 4 is 41.0 Å². The zero-order valence-electron chi connectivity index (χ0n) is 18.2. The maximum atomic E-state index is 13.0. The highest BCUT2D eigenvalue weighted by molar-refractivity contribution is 8.00. The normalized spacial score (nSPS) is 18.0. The summed E-state index contributed by atoms with van der Waals surface area (Å²) in [5.74, 6) is 0. The number of halogens is 3. The van der Waals surface area contributed by atoms with Crippen molar-refractivity contribution in [1.29, 1.82) is 0 Å². The van der Waals surface area contributed by atoms with E-state index in [1.807, 2.05) is 24.3 Å². The minimum Gasteiger partial charge on any atom is -0.450 e. The van der Waals surface area contributed by atoms with Crippen LogP contribution in [0.5, 0.6) is 0 Å². The van der Waals surface area contributed by atoms with Crippen molar-refractivity contribution in [2.24, 2.45) is 0 Å². The minimum atomic E-state index is -4.33. The summed E-state index contributed by atoms with van der Waals surface area (Å²) in [6.07, 6.45) is 1.25. The molecule has 0 aliphatic carbocycles. The topological polar surface area (TPSA) is 44.8 Å². The van der Waals surface area contributed by atoms with Crippen molar-refractivity contribution in [3.05, 3.63) is 42.5 Å². The number of carbonyl (C=O) groups excluding carboxylic acids is 1. The first kappa shape index (κ1) is 24.1. The summed E-state index contributed by atoms with van der Waals surface area (Å²) in [6, 6.07) is 12.9. The number of carbonyl (C=O) groups is 1. The summed E-state index contributed by atoms with van der Waals surface area (Å²) < 4.78 is 44.1. The average Bonchev–Trinajstić information content (AvgIpc) is 2.78. The summed E-state index contributed by atoms with van der Waals surface area (Å²) in [5.41, 5.74) is -2.55.